The van der Waals surface area contributed by atoms with Crippen molar-refractivity contribution in [1.82, 2.24) is 4.98 Å². The van der Waals surface area contributed by atoms with Gasteiger partial charge in [0, 0.05) is 0 Å². The number of fused-ring (bicyclic) bond motifs is 1. The number of hydrogen-bond donors (Lipinski definition) is 1. The van der Waals surface area contributed by atoms with E-state index in [9.17, 15) is 8.42 Å². The molecule has 0 spiro atoms. The molecule has 4 aromatic rings. The number of nitrogen functional groups attached to an aromatic ring is 1. The summed E-state index contributed by atoms with van der Waals surface area (Å²) in [4.78, 5) is 4.19. The maximum absolute atomic E-state index is 12.5. The van der Waals surface area contributed by atoms with Crippen LogP contribution in [0.4, 0.5) is 5.13 Å². The van der Waals surface area contributed by atoms with Crippen molar-refractivity contribution in [3.63, 3.8) is 0 Å². The Hall–Kier alpha value is -2.90. The first kappa shape index (κ1) is 16.6. The van der Waals surface area contributed by atoms with Crippen molar-refractivity contribution >= 4 is 36.8 Å². The van der Waals surface area contributed by atoms with Gasteiger partial charge in [-0.25, -0.2) is 4.98 Å². The molecule has 0 amide bonds. The van der Waals surface area contributed by atoms with Gasteiger partial charge in [0.25, 0.3) is 0 Å². The van der Waals surface area contributed by atoms with E-state index >= 15 is 0 Å². The van der Waals surface area contributed by atoms with Gasteiger partial charge in [-0.3, -0.25) is 0 Å². The van der Waals surface area contributed by atoms with Crippen molar-refractivity contribution in [2.75, 3.05) is 5.73 Å². The third-order valence-corrected chi connectivity index (χ3v) is 5.92. The van der Waals surface area contributed by atoms with Gasteiger partial charge < -0.3 is 9.92 Å². The summed E-state index contributed by atoms with van der Waals surface area (Å²) in [7, 11) is -3.93. The molecule has 26 heavy (non-hydrogen) atoms. The van der Waals surface area contributed by atoms with Crippen LogP contribution in [0.5, 0.6) is 5.75 Å². The molecule has 0 saturated carbocycles. The quantitative estimate of drug-likeness (QED) is 0.532. The maximum atomic E-state index is 12.5. The van der Waals surface area contributed by atoms with Crippen LogP contribution in [0.3, 0.4) is 0 Å². The van der Waals surface area contributed by atoms with Gasteiger partial charge in [-0.15, -0.1) is 0 Å². The maximum Gasteiger partial charge on any atom is 0.339 e. The van der Waals surface area contributed by atoms with Gasteiger partial charge in [-0.2, -0.15) is 8.42 Å². The number of hydrogen-bond acceptors (Lipinski definition) is 6. The minimum atomic E-state index is -3.93. The van der Waals surface area contributed by atoms with E-state index in [4.69, 9.17) is 9.92 Å². The van der Waals surface area contributed by atoms with Gasteiger partial charge in [-0.1, -0.05) is 53.8 Å². The van der Waals surface area contributed by atoms with E-state index in [0.29, 0.717) is 15.3 Å². The van der Waals surface area contributed by atoms with Crippen LogP contribution in [0.15, 0.2) is 77.7 Å². The summed E-state index contributed by atoms with van der Waals surface area (Å²) >= 11 is 1.23. The highest BCUT2D eigenvalue weighted by atomic mass is 32.2. The summed E-state index contributed by atoms with van der Waals surface area (Å²) in [6.07, 6.45) is 0. The smallest absolute Gasteiger partial charge is 0.339 e. The Morgan fingerprint density at radius 1 is 0.885 bits per heavy atom. The Balaban J connectivity index is 1.60. The lowest BCUT2D eigenvalue weighted by Gasteiger charge is -2.08. The van der Waals surface area contributed by atoms with E-state index in [1.165, 1.54) is 23.5 Å². The summed E-state index contributed by atoms with van der Waals surface area (Å²) in [6.45, 7) is 0. The van der Waals surface area contributed by atoms with Crippen LogP contribution in [0.25, 0.3) is 21.3 Å². The number of nitrogens with zero attached hydrogens (tertiary/aromatic N) is 1. The highest BCUT2D eigenvalue weighted by molar-refractivity contribution is 7.87. The van der Waals surface area contributed by atoms with Crippen LogP contribution in [0, 0.1) is 0 Å². The number of nitrogens with two attached hydrogens (primary N) is 1. The molecule has 3 aromatic carbocycles. The van der Waals surface area contributed by atoms with Gasteiger partial charge in [0.2, 0.25) is 0 Å². The van der Waals surface area contributed by atoms with Crippen LogP contribution in [-0.2, 0) is 10.1 Å². The minimum Gasteiger partial charge on any atom is -0.379 e. The standard InChI is InChI=1S/C19H14N2O3S2/c20-19-21-17-11-10-16(12-18(17)25-19)26(22,23)24-15-8-6-14(7-9-15)13-4-2-1-3-5-13/h1-12H,(H2,20,21). The predicted octanol–water partition coefficient (Wildman–Crippen LogP) is 4.31. The Labute approximate surface area is 154 Å². The second kappa shape index (κ2) is 6.44. The molecule has 2 N–H and O–H groups in total. The van der Waals surface area contributed by atoms with E-state index in [2.05, 4.69) is 4.98 Å². The molecule has 0 radical (unpaired) electrons. The zero-order chi connectivity index (χ0) is 18.1. The van der Waals surface area contributed by atoms with E-state index in [1.54, 1.807) is 18.2 Å². The first-order valence-electron chi connectivity index (χ1n) is 7.77. The predicted molar refractivity (Wildman–Crippen MR) is 104 cm³/mol. The van der Waals surface area contributed by atoms with Crippen LogP contribution in [-0.4, -0.2) is 13.4 Å². The van der Waals surface area contributed by atoms with Crippen molar-refractivity contribution in [2.45, 2.75) is 4.90 Å². The molecule has 0 unspecified atom stereocenters. The summed E-state index contributed by atoms with van der Waals surface area (Å²) < 4.78 is 31.0. The van der Waals surface area contributed by atoms with Crippen LogP contribution in [0.2, 0.25) is 0 Å². The molecule has 1 aromatic heterocycles. The number of rotatable bonds is 4. The Morgan fingerprint density at radius 2 is 1.58 bits per heavy atom. The molecule has 0 fully saturated rings. The first-order valence-corrected chi connectivity index (χ1v) is 10.00. The number of anilines is 1. The summed E-state index contributed by atoms with van der Waals surface area (Å²) in [5, 5.41) is 0.395. The van der Waals surface area contributed by atoms with Crippen molar-refractivity contribution in [2.24, 2.45) is 0 Å². The number of benzene rings is 3. The molecule has 0 aliphatic heterocycles. The second-order valence-electron chi connectivity index (χ2n) is 5.61. The van der Waals surface area contributed by atoms with E-state index in [0.717, 1.165) is 11.1 Å². The zero-order valence-corrected chi connectivity index (χ0v) is 15.1. The molecular weight excluding hydrogens is 368 g/mol. The van der Waals surface area contributed by atoms with E-state index in [1.807, 2.05) is 42.5 Å². The molecule has 0 saturated heterocycles. The van der Waals surface area contributed by atoms with E-state index < -0.39 is 10.1 Å². The Morgan fingerprint density at radius 3 is 2.31 bits per heavy atom. The minimum absolute atomic E-state index is 0.0702. The SMILES string of the molecule is Nc1nc2ccc(S(=O)(=O)Oc3ccc(-c4ccccc4)cc3)cc2s1. The zero-order valence-electron chi connectivity index (χ0n) is 13.5. The topological polar surface area (TPSA) is 82.3 Å². The lowest BCUT2D eigenvalue weighted by atomic mass is 10.1. The number of thiazole rings is 1. The average Bonchev–Trinajstić information content (AvgIpc) is 3.02. The van der Waals surface area contributed by atoms with E-state index in [-0.39, 0.29) is 10.6 Å². The molecule has 0 aliphatic rings. The molecule has 1 heterocycles. The van der Waals surface area contributed by atoms with Gasteiger partial charge in [-0.05, 0) is 41.5 Å². The molecule has 4 rings (SSSR count). The summed E-state index contributed by atoms with van der Waals surface area (Å²) in [5.74, 6) is 0.258. The van der Waals surface area contributed by atoms with Gasteiger partial charge >= 0.3 is 10.1 Å². The van der Waals surface area contributed by atoms with Crippen molar-refractivity contribution in [3.8, 4) is 16.9 Å². The number of aromatic nitrogens is 1. The summed E-state index contributed by atoms with van der Waals surface area (Å²) in [5.41, 5.74) is 8.36. The fraction of sp³-hybridized carbons (Fsp3) is 0. The highest BCUT2D eigenvalue weighted by Crippen LogP contribution is 2.28. The molecule has 0 aliphatic carbocycles. The van der Waals surface area contributed by atoms with Crippen molar-refractivity contribution in [3.05, 3.63) is 72.8 Å². The molecule has 5 nitrogen and oxygen atoms in total. The third-order valence-electron chi connectivity index (χ3n) is 3.83. The van der Waals surface area contributed by atoms with Crippen molar-refractivity contribution in [1.29, 1.82) is 0 Å². The largest absolute Gasteiger partial charge is 0.379 e. The monoisotopic (exact) mass is 382 g/mol. The lowest BCUT2D eigenvalue weighted by Crippen LogP contribution is -2.09. The highest BCUT2D eigenvalue weighted by Gasteiger charge is 2.18. The second-order valence-corrected chi connectivity index (χ2v) is 8.22. The van der Waals surface area contributed by atoms with Gasteiger partial charge in [0.1, 0.15) is 10.6 Å². The molecule has 130 valence electrons. The van der Waals surface area contributed by atoms with Crippen LogP contribution >= 0.6 is 11.3 Å². The average molecular weight is 382 g/mol. The fourth-order valence-electron chi connectivity index (χ4n) is 2.59. The summed E-state index contributed by atoms with van der Waals surface area (Å²) in [6, 6.07) is 21.4. The molecular formula is C19H14N2O3S2. The first-order chi connectivity index (χ1) is 12.5. The molecule has 7 heteroatoms. The van der Waals surface area contributed by atoms with Gasteiger partial charge in [0.05, 0.1) is 10.2 Å². The lowest BCUT2D eigenvalue weighted by molar-refractivity contribution is 0.486. The van der Waals surface area contributed by atoms with Crippen LogP contribution < -0.4 is 9.92 Å². The fourth-order valence-corrected chi connectivity index (χ4v) is 4.39. The van der Waals surface area contributed by atoms with Crippen molar-refractivity contribution < 1.29 is 12.6 Å². The molecule has 0 atom stereocenters. The Bertz CT molecular complexity index is 1170. The molecule has 0 bridgehead atoms. The normalized spacial score (nSPS) is 11.5. The van der Waals surface area contributed by atoms with Crippen LogP contribution in [0.1, 0.15) is 0 Å². The Kier molecular flexibility index (Phi) is 4.10. The third kappa shape index (κ3) is 3.26. The van der Waals surface area contributed by atoms with Gasteiger partial charge in [0.15, 0.2) is 5.13 Å².